The van der Waals surface area contributed by atoms with Crippen molar-refractivity contribution in [1.82, 2.24) is 14.5 Å². The van der Waals surface area contributed by atoms with E-state index >= 15 is 0 Å². The second-order valence-corrected chi connectivity index (χ2v) is 7.77. The Morgan fingerprint density at radius 3 is 2.68 bits per heavy atom. The summed E-state index contributed by atoms with van der Waals surface area (Å²) < 4.78 is 16.9. The highest BCUT2D eigenvalue weighted by molar-refractivity contribution is 7.84. The topological polar surface area (TPSA) is 46.9 Å². The van der Waals surface area contributed by atoms with E-state index in [9.17, 15) is 4.21 Å². The Morgan fingerprint density at radius 1 is 1.37 bits per heavy atom. The summed E-state index contributed by atoms with van der Waals surface area (Å²) >= 11 is 0. The van der Waals surface area contributed by atoms with Crippen LogP contribution in [0, 0.1) is 0 Å². The first-order chi connectivity index (χ1) is 8.80. The molecule has 0 saturated heterocycles. The van der Waals surface area contributed by atoms with Gasteiger partial charge in [-0.3, -0.25) is 4.68 Å². The summed E-state index contributed by atoms with van der Waals surface area (Å²) in [6.45, 7) is 7.93. The Hall–Kier alpha value is -1.20. The summed E-state index contributed by atoms with van der Waals surface area (Å²) in [5.41, 5.74) is 2.22. The van der Waals surface area contributed by atoms with Crippen molar-refractivity contribution >= 4 is 21.9 Å². The van der Waals surface area contributed by atoms with Crippen molar-refractivity contribution < 1.29 is 4.21 Å². The Labute approximate surface area is 116 Å². The van der Waals surface area contributed by atoms with Crippen molar-refractivity contribution in [1.29, 1.82) is 0 Å². The molecule has 1 aromatic carbocycles. The lowest BCUT2D eigenvalue weighted by molar-refractivity contribution is 0.617. The lowest BCUT2D eigenvalue weighted by atomic mass is 10.1. The van der Waals surface area contributed by atoms with Crippen LogP contribution in [0.3, 0.4) is 0 Å². The highest BCUT2D eigenvalue weighted by Crippen LogP contribution is 2.24. The minimum atomic E-state index is -1.08. The molecule has 5 heteroatoms. The van der Waals surface area contributed by atoms with E-state index in [2.05, 4.69) is 15.9 Å². The Kier molecular flexibility index (Phi) is 3.78. The molecule has 2 aromatic rings. The standard InChI is InChI=1S/C14H21N3OS/c1-10(16-19(18)14(2,3)4)11-7-6-8-13-12(11)9-15-17(13)5/h6-10,16H,1-5H3. The molecule has 0 aliphatic rings. The van der Waals surface area contributed by atoms with Gasteiger partial charge < -0.3 is 0 Å². The number of rotatable bonds is 3. The first-order valence-corrected chi connectivity index (χ1v) is 7.54. The van der Waals surface area contributed by atoms with Crippen LogP contribution in [0.4, 0.5) is 0 Å². The third-order valence-corrected chi connectivity index (χ3v) is 4.81. The van der Waals surface area contributed by atoms with Gasteiger partial charge in [-0.2, -0.15) is 5.10 Å². The van der Waals surface area contributed by atoms with Gasteiger partial charge in [-0.1, -0.05) is 12.1 Å². The molecule has 0 aliphatic carbocycles. The molecule has 0 radical (unpaired) electrons. The van der Waals surface area contributed by atoms with Crippen LogP contribution in [0.1, 0.15) is 39.3 Å². The van der Waals surface area contributed by atoms with E-state index in [1.165, 1.54) is 0 Å². The number of benzene rings is 1. The second kappa shape index (κ2) is 5.06. The maximum atomic E-state index is 12.2. The molecular formula is C14H21N3OS. The van der Waals surface area contributed by atoms with Gasteiger partial charge in [0, 0.05) is 18.5 Å². The van der Waals surface area contributed by atoms with Crippen molar-refractivity contribution in [2.24, 2.45) is 7.05 Å². The largest absolute Gasteiger partial charge is 0.268 e. The van der Waals surface area contributed by atoms with Gasteiger partial charge in [0.25, 0.3) is 0 Å². The zero-order chi connectivity index (χ0) is 14.2. The highest BCUT2D eigenvalue weighted by Gasteiger charge is 2.22. The van der Waals surface area contributed by atoms with Crippen LogP contribution in [-0.4, -0.2) is 18.7 Å². The molecule has 0 amide bonds. The fourth-order valence-electron chi connectivity index (χ4n) is 1.98. The number of aryl methyl sites for hydroxylation is 1. The monoisotopic (exact) mass is 279 g/mol. The van der Waals surface area contributed by atoms with E-state index in [0.717, 1.165) is 16.5 Å². The zero-order valence-electron chi connectivity index (χ0n) is 12.1. The molecule has 2 rings (SSSR count). The maximum Gasteiger partial charge on any atom is 0.0975 e. The summed E-state index contributed by atoms with van der Waals surface area (Å²) in [4.78, 5) is 0. The normalized spacial score (nSPS) is 15.6. The molecule has 19 heavy (non-hydrogen) atoms. The molecule has 0 bridgehead atoms. The van der Waals surface area contributed by atoms with Crippen LogP contribution in [0.15, 0.2) is 24.4 Å². The van der Waals surface area contributed by atoms with Gasteiger partial charge in [-0.15, -0.1) is 0 Å². The van der Waals surface area contributed by atoms with Gasteiger partial charge in [0.2, 0.25) is 0 Å². The molecule has 0 spiro atoms. The lowest BCUT2D eigenvalue weighted by Crippen LogP contribution is -2.34. The van der Waals surface area contributed by atoms with E-state index in [-0.39, 0.29) is 10.8 Å². The molecule has 1 aromatic heterocycles. The van der Waals surface area contributed by atoms with Crippen LogP contribution in [-0.2, 0) is 18.0 Å². The number of fused-ring (bicyclic) bond motifs is 1. The second-order valence-electron chi connectivity index (χ2n) is 5.77. The molecule has 0 fully saturated rings. The van der Waals surface area contributed by atoms with E-state index in [1.54, 1.807) is 0 Å². The molecule has 0 saturated carbocycles. The van der Waals surface area contributed by atoms with Crippen LogP contribution in [0.5, 0.6) is 0 Å². The summed E-state index contributed by atoms with van der Waals surface area (Å²) in [5, 5.41) is 5.39. The third-order valence-electron chi connectivity index (χ3n) is 3.13. The molecule has 104 valence electrons. The van der Waals surface area contributed by atoms with Crippen LogP contribution >= 0.6 is 0 Å². The molecule has 0 aliphatic heterocycles. The zero-order valence-corrected chi connectivity index (χ0v) is 12.9. The smallest absolute Gasteiger partial charge is 0.0975 e. The van der Waals surface area contributed by atoms with Crippen LogP contribution < -0.4 is 4.72 Å². The molecular weight excluding hydrogens is 258 g/mol. The van der Waals surface area contributed by atoms with E-state index in [0.29, 0.717) is 0 Å². The van der Waals surface area contributed by atoms with E-state index < -0.39 is 11.0 Å². The molecule has 1 heterocycles. The van der Waals surface area contributed by atoms with Crippen molar-refractivity contribution in [2.45, 2.75) is 38.5 Å². The molecule has 1 N–H and O–H groups in total. The summed E-state index contributed by atoms with van der Waals surface area (Å²) in [5.74, 6) is 0. The van der Waals surface area contributed by atoms with Crippen molar-refractivity contribution in [3.8, 4) is 0 Å². The minimum Gasteiger partial charge on any atom is -0.268 e. The number of nitrogens with one attached hydrogen (secondary N) is 1. The van der Waals surface area contributed by atoms with Gasteiger partial charge in [-0.05, 0) is 39.3 Å². The fraction of sp³-hybridized carbons (Fsp3) is 0.500. The van der Waals surface area contributed by atoms with E-state index in [1.807, 2.05) is 57.8 Å². The third kappa shape index (κ3) is 2.87. The van der Waals surface area contributed by atoms with Crippen LogP contribution in [0.25, 0.3) is 10.9 Å². The number of hydrogen-bond donors (Lipinski definition) is 1. The maximum absolute atomic E-state index is 12.2. The number of hydrogen-bond acceptors (Lipinski definition) is 2. The summed E-state index contributed by atoms with van der Waals surface area (Å²) in [6.07, 6.45) is 1.86. The Bertz CT molecular complexity index is 613. The minimum absolute atomic E-state index is 0.0213. The Balaban J connectivity index is 2.32. The Morgan fingerprint density at radius 2 is 2.05 bits per heavy atom. The van der Waals surface area contributed by atoms with Gasteiger partial charge in [0.05, 0.1) is 27.4 Å². The fourth-order valence-corrected chi connectivity index (χ4v) is 2.78. The molecule has 2 unspecified atom stereocenters. The first-order valence-electron chi connectivity index (χ1n) is 6.39. The molecule has 4 nitrogen and oxygen atoms in total. The van der Waals surface area contributed by atoms with Crippen molar-refractivity contribution in [2.75, 3.05) is 0 Å². The summed E-state index contributed by atoms with van der Waals surface area (Å²) in [7, 11) is 0.847. The first kappa shape index (κ1) is 14.2. The van der Waals surface area contributed by atoms with Crippen molar-refractivity contribution in [3.63, 3.8) is 0 Å². The van der Waals surface area contributed by atoms with Crippen LogP contribution in [0.2, 0.25) is 0 Å². The molecule has 2 atom stereocenters. The quantitative estimate of drug-likeness (QED) is 0.939. The van der Waals surface area contributed by atoms with Gasteiger partial charge in [0.15, 0.2) is 0 Å². The van der Waals surface area contributed by atoms with E-state index in [4.69, 9.17) is 0 Å². The predicted molar refractivity (Wildman–Crippen MR) is 80.2 cm³/mol. The number of nitrogens with zero attached hydrogens (tertiary/aromatic N) is 2. The number of aromatic nitrogens is 2. The lowest BCUT2D eigenvalue weighted by Gasteiger charge is -2.22. The average Bonchev–Trinajstić information content (AvgIpc) is 2.70. The SMILES string of the molecule is CC(NS(=O)C(C)(C)C)c1cccc2c1cnn2C. The van der Waals surface area contributed by atoms with Crippen molar-refractivity contribution in [3.05, 3.63) is 30.0 Å². The highest BCUT2D eigenvalue weighted by atomic mass is 32.2. The van der Waals surface area contributed by atoms with Gasteiger partial charge in [-0.25, -0.2) is 8.93 Å². The van der Waals surface area contributed by atoms with Gasteiger partial charge in [0.1, 0.15) is 0 Å². The predicted octanol–water partition coefficient (Wildman–Crippen LogP) is 2.69. The average molecular weight is 279 g/mol. The summed E-state index contributed by atoms with van der Waals surface area (Å²) in [6, 6.07) is 6.13. The van der Waals surface area contributed by atoms with Gasteiger partial charge >= 0.3 is 0 Å².